The molecule has 12 heavy (non-hydrogen) atoms. The van der Waals surface area contributed by atoms with Crippen molar-refractivity contribution in [2.24, 2.45) is 0 Å². The average molecular weight is 233 g/mol. The zero-order valence-electron chi connectivity index (χ0n) is 6.30. The van der Waals surface area contributed by atoms with Gasteiger partial charge in [-0.2, -0.15) is 0 Å². The first kappa shape index (κ1) is 9.19. The Balaban J connectivity index is 3.26. The number of aldehydes is 1. The van der Waals surface area contributed by atoms with Gasteiger partial charge in [-0.25, -0.2) is 4.39 Å². The Hall–Kier alpha value is -0.900. The van der Waals surface area contributed by atoms with Gasteiger partial charge in [-0.05, 0) is 28.1 Å². The van der Waals surface area contributed by atoms with Crippen LogP contribution in [-0.2, 0) is 0 Å². The van der Waals surface area contributed by atoms with E-state index in [1.807, 2.05) is 0 Å². The van der Waals surface area contributed by atoms with Crippen molar-refractivity contribution in [1.29, 1.82) is 0 Å². The van der Waals surface area contributed by atoms with Gasteiger partial charge in [0.15, 0.2) is 6.29 Å². The molecule has 64 valence electrons. The van der Waals surface area contributed by atoms with E-state index in [0.29, 0.717) is 16.5 Å². The van der Waals surface area contributed by atoms with E-state index in [0.717, 1.165) is 0 Å². The zero-order valence-corrected chi connectivity index (χ0v) is 7.89. The minimum absolute atomic E-state index is 0.00458. The van der Waals surface area contributed by atoms with Crippen molar-refractivity contribution in [2.45, 2.75) is 0 Å². The summed E-state index contributed by atoms with van der Waals surface area (Å²) in [4.78, 5) is 10.3. The van der Waals surface area contributed by atoms with E-state index in [1.54, 1.807) is 0 Å². The summed E-state index contributed by atoms with van der Waals surface area (Å²) in [7, 11) is 1.45. The third-order valence-electron chi connectivity index (χ3n) is 1.40. The summed E-state index contributed by atoms with van der Waals surface area (Å²) in [6, 6.07) is 2.54. The predicted molar refractivity (Wildman–Crippen MR) is 46.0 cm³/mol. The number of carbonyl (C=O) groups is 1. The number of hydrogen-bond donors (Lipinski definition) is 0. The Morgan fingerprint density at radius 2 is 2.25 bits per heavy atom. The van der Waals surface area contributed by atoms with Crippen molar-refractivity contribution in [3.05, 3.63) is 28.0 Å². The van der Waals surface area contributed by atoms with E-state index in [1.165, 1.54) is 19.2 Å². The van der Waals surface area contributed by atoms with Gasteiger partial charge in [-0.3, -0.25) is 4.79 Å². The number of halogens is 2. The van der Waals surface area contributed by atoms with E-state index in [2.05, 4.69) is 15.9 Å². The molecule has 0 bridgehead atoms. The number of methoxy groups -OCH3 is 1. The second kappa shape index (κ2) is 3.67. The van der Waals surface area contributed by atoms with Gasteiger partial charge in [0.1, 0.15) is 11.6 Å². The molecule has 0 atom stereocenters. The summed E-state index contributed by atoms with van der Waals surface area (Å²) in [5.41, 5.74) is -0.00458. The highest BCUT2D eigenvalue weighted by molar-refractivity contribution is 9.10. The maximum absolute atomic E-state index is 12.9. The quantitative estimate of drug-likeness (QED) is 0.733. The number of benzene rings is 1. The van der Waals surface area contributed by atoms with Crippen LogP contribution in [0, 0.1) is 5.82 Å². The molecule has 0 aromatic heterocycles. The zero-order chi connectivity index (χ0) is 9.14. The highest BCUT2D eigenvalue weighted by Crippen LogP contribution is 2.26. The van der Waals surface area contributed by atoms with E-state index in [9.17, 15) is 9.18 Å². The molecule has 0 aliphatic carbocycles. The molecule has 0 aliphatic rings. The Morgan fingerprint density at radius 1 is 1.58 bits per heavy atom. The maximum Gasteiger partial charge on any atom is 0.153 e. The lowest BCUT2D eigenvalue weighted by atomic mass is 10.2. The smallest absolute Gasteiger partial charge is 0.153 e. The topological polar surface area (TPSA) is 26.3 Å². The summed E-state index contributed by atoms with van der Waals surface area (Å²) in [6.45, 7) is 0. The molecule has 1 rings (SSSR count). The van der Waals surface area contributed by atoms with Gasteiger partial charge < -0.3 is 4.74 Å². The lowest BCUT2D eigenvalue weighted by Crippen LogP contribution is -1.91. The van der Waals surface area contributed by atoms with Gasteiger partial charge in [0.2, 0.25) is 0 Å². The van der Waals surface area contributed by atoms with Crippen LogP contribution >= 0.6 is 15.9 Å². The molecule has 0 N–H and O–H groups in total. The van der Waals surface area contributed by atoms with Crippen molar-refractivity contribution in [1.82, 2.24) is 0 Å². The summed E-state index contributed by atoms with van der Waals surface area (Å²) >= 11 is 3.09. The van der Waals surface area contributed by atoms with Gasteiger partial charge in [0.05, 0.1) is 17.1 Å². The summed E-state index contributed by atoms with van der Waals surface area (Å²) in [6.07, 6.45) is 0.449. The predicted octanol–water partition coefficient (Wildman–Crippen LogP) is 2.41. The Labute approximate surface area is 77.5 Å². The van der Waals surface area contributed by atoms with E-state index in [4.69, 9.17) is 4.74 Å². The van der Waals surface area contributed by atoms with Crippen LogP contribution in [0.5, 0.6) is 5.75 Å². The summed E-state index contributed by atoms with van der Waals surface area (Å²) in [5, 5.41) is 0. The molecule has 0 unspecified atom stereocenters. The first-order chi connectivity index (χ1) is 5.69. The van der Waals surface area contributed by atoms with Crippen molar-refractivity contribution in [2.75, 3.05) is 7.11 Å². The fraction of sp³-hybridized carbons (Fsp3) is 0.125. The van der Waals surface area contributed by atoms with Crippen LogP contribution in [0.3, 0.4) is 0 Å². The molecular formula is C8H6BrFO2. The Kier molecular flexibility index (Phi) is 2.81. The fourth-order valence-corrected chi connectivity index (χ4v) is 1.27. The average Bonchev–Trinajstić information content (AvgIpc) is 2.05. The fourth-order valence-electron chi connectivity index (χ4n) is 0.792. The van der Waals surface area contributed by atoms with Crippen LogP contribution < -0.4 is 4.74 Å². The Bertz CT molecular complexity index is 312. The molecule has 0 amide bonds. The van der Waals surface area contributed by atoms with Gasteiger partial charge >= 0.3 is 0 Å². The van der Waals surface area contributed by atoms with E-state index in [-0.39, 0.29) is 5.56 Å². The monoisotopic (exact) mass is 232 g/mol. The third kappa shape index (κ3) is 1.64. The van der Waals surface area contributed by atoms with E-state index >= 15 is 0 Å². The molecule has 2 nitrogen and oxygen atoms in total. The molecule has 0 aliphatic heterocycles. The molecule has 0 heterocycles. The Morgan fingerprint density at radius 3 is 2.75 bits per heavy atom. The van der Waals surface area contributed by atoms with E-state index < -0.39 is 5.82 Å². The number of rotatable bonds is 2. The van der Waals surface area contributed by atoms with Crippen LogP contribution in [0.2, 0.25) is 0 Å². The van der Waals surface area contributed by atoms with Crippen LogP contribution in [0.4, 0.5) is 4.39 Å². The summed E-state index contributed by atoms with van der Waals surface area (Å²) < 4.78 is 18.2. The molecule has 1 aromatic rings. The molecule has 0 spiro atoms. The standard InChI is InChI=1S/C8H6BrFO2/c1-12-8-2-5(4-11)7(10)3-6(8)9/h2-4H,1H3. The molecule has 4 heteroatoms. The first-order valence-corrected chi connectivity index (χ1v) is 3.96. The van der Waals surface area contributed by atoms with Crippen LogP contribution in [0.15, 0.2) is 16.6 Å². The molecule has 0 saturated heterocycles. The van der Waals surface area contributed by atoms with Crippen molar-refractivity contribution in [3.63, 3.8) is 0 Å². The van der Waals surface area contributed by atoms with Crippen LogP contribution in [0.25, 0.3) is 0 Å². The first-order valence-electron chi connectivity index (χ1n) is 3.17. The lowest BCUT2D eigenvalue weighted by molar-refractivity contribution is 0.111. The third-order valence-corrected chi connectivity index (χ3v) is 2.02. The molecule has 0 radical (unpaired) electrons. The van der Waals surface area contributed by atoms with Gasteiger partial charge in [0.25, 0.3) is 0 Å². The van der Waals surface area contributed by atoms with Gasteiger partial charge in [0, 0.05) is 0 Å². The second-order valence-electron chi connectivity index (χ2n) is 2.13. The molecule has 0 saturated carbocycles. The minimum Gasteiger partial charge on any atom is -0.496 e. The number of hydrogen-bond acceptors (Lipinski definition) is 2. The van der Waals surface area contributed by atoms with Gasteiger partial charge in [-0.1, -0.05) is 0 Å². The van der Waals surface area contributed by atoms with Gasteiger partial charge in [-0.15, -0.1) is 0 Å². The van der Waals surface area contributed by atoms with Crippen LogP contribution in [0.1, 0.15) is 10.4 Å². The van der Waals surface area contributed by atoms with Crippen LogP contribution in [-0.4, -0.2) is 13.4 Å². The normalized spacial score (nSPS) is 9.58. The number of ether oxygens (including phenoxy) is 1. The van der Waals surface area contributed by atoms with Crippen molar-refractivity contribution in [3.8, 4) is 5.75 Å². The molecular weight excluding hydrogens is 227 g/mol. The summed E-state index contributed by atoms with van der Waals surface area (Å²) in [5.74, 6) is -0.115. The highest BCUT2D eigenvalue weighted by Gasteiger charge is 2.07. The van der Waals surface area contributed by atoms with Crippen molar-refractivity contribution < 1.29 is 13.9 Å². The second-order valence-corrected chi connectivity index (χ2v) is 2.98. The SMILES string of the molecule is COc1cc(C=O)c(F)cc1Br. The molecule has 1 aromatic carbocycles. The highest BCUT2D eigenvalue weighted by atomic mass is 79.9. The molecule has 0 fully saturated rings. The van der Waals surface area contributed by atoms with Crippen molar-refractivity contribution >= 4 is 22.2 Å². The largest absolute Gasteiger partial charge is 0.496 e. The minimum atomic E-state index is -0.558. The maximum atomic E-state index is 12.9. The lowest BCUT2D eigenvalue weighted by Gasteiger charge is -2.03. The number of carbonyl (C=O) groups excluding carboxylic acids is 1.